The van der Waals surface area contributed by atoms with Crippen molar-refractivity contribution < 1.29 is 4.74 Å². The SMILES string of the molecule is COCCCNC(=S)N1CCCC(C)C1. The van der Waals surface area contributed by atoms with E-state index in [1.54, 1.807) is 7.11 Å². The van der Waals surface area contributed by atoms with E-state index in [9.17, 15) is 0 Å². The fourth-order valence-corrected chi connectivity index (χ4v) is 2.17. The molecule has 1 aliphatic rings. The van der Waals surface area contributed by atoms with Gasteiger partial charge in [-0.15, -0.1) is 0 Å². The van der Waals surface area contributed by atoms with Gasteiger partial charge in [-0.1, -0.05) is 6.92 Å². The lowest BCUT2D eigenvalue weighted by atomic mass is 10.0. The van der Waals surface area contributed by atoms with Crippen LogP contribution in [0.25, 0.3) is 0 Å². The van der Waals surface area contributed by atoms with Crippen molar-refractivity contribution in [1.82, 2.24) is 10.2 Å². The molecule has 1 N–H and O–H groups in total. The minimum absolute atomic E-state index is 0.775. The van der Waals surface area contributed by atoms with Crippen LogP contribution in [0.4, 0.5) is 0 Å². The van der Waals surface area contributed by atoms with Gasteiger partial charge in [0, 0.05) is 33.4 Å². The molecule has 1 atom stereocenters. The maximum Gasteiger partial charge on any atom is 0.168 e. The van der Waals surface area contributed by atoms with E-state index in [0.717, 1.165) is 43.7 Å². The summed E-state index contributed by atoms with van der Waals surface area (Å²) in [7, 11) is 1.73. The number of ether oxygens (including phenoxy) is 1. The zero-order valence-corrected chi connectivity index (χ0v) is 10.6. The number of hydrogen-bond acceptors (Lipinski definition) is 2. The van der Waals surface area contributed by atoms with Gasteiger partial charge in [-0.2, -0.15) is 0 Å². The number of rotatable bonds is 4. The van der Waals surface area contributed by atoms with Gasteiger partial charge >= 0.3 is 0 Å². The van der Waals surface area contributed by atoms with Crippen LogP contribution in [-0.4, -0.2) is 43.4 Å². The zero-order valence-electron chi connectivity index (χ0n) is 9.79. The first-order valence-electron chi connectivity index (χ1n) is 5.75. The molecule has 15 heavy (non-hydrogen) atoms. The molecule has 0 aromatic heterocycles. The Morgan fingerprint density at radius 3 is 3.07 bits per heavy atom. The fourth-order valence-electron chi connectivity index (χ4n) is 1.90. The second-order valence-electron chi connectivity index (χ2n) is 4.27. The van der Waals surface area contributed by atoms with Gasteiger partial charge in [-0.05, 0) is 37.4 Å². The van der Waals surface area contributed by atoms with Crippen LogP contribution in [0.3, 0.4) is 0 Å². The van der Waals surface area contributed by atoms with Crippen molar-refractivity contribution >= 4 is 17.3 Å². The first-order chi connectivity index (χ1) is 7.24. The first-order valence-corrected chi connectivity index (χ1v) is 6.16. The van der Waals surface area contributed by atoms with Gasteiger partial charge < -0.3 is 15.0 Å². The van der Waals surface area contributed by atoms with Crippen LogP contribution in [0.2, 0.25) is 0 Å². The van der Waals surface area contributed by atoms with Crippen molar-refractivity contribution in [3.8, 4) is 0 Å². The van der Waals surface area contributed by atoms with Crippen molar-refractivity contribution in [3.05, 3.63) is 0 Å². The highest BCUT2D eigenvalue weighted by Gasteiger charge is 2.17. The summed E-state index contributed by atoms with van der Waals surface area (Å²) in [6.07, 6.45) is 3.61. The molecule has 1 unspecified atom stereocenters. The molecule has 0 amide bonds. The van der Waals surface area contributed by atoms with E-state index in [0.29, 0.717) is 0 Å². The Balaban J connectivity index is 2.15. The second-order valence-corrected chi connectivity index (χ2v) is 4.66. The Labute approximate surface area is 98.2 Å². The third kappa shape index (κ3) is 4.80. The summed E-state index contributed by atoms with van der Waals surface area (Å²) in [6, 6.07) is 0. The normalized spacial score (nSPS) is 21.5. The van der Waals surface area contributed by atoms with Crippen molar-refractivity contribution in [1.29, 1.82) is 0 Å². The molecule has 0 aromatic carbocycles. The van der Waals surface area contributed by atoms with Crippen molar-refractivity contribution in [2.45, 2.75) is 26.2 Å². The fraction of sp³-hybridized carbons (Fsp3) is 0.909. The summed E-state index contributed by atoms with van der Waals surface area (Å²) >= 11 is 5.35. The van der Waals surface area contributed by atoms with E-state index >= 15 is 0 Å². The minimum Gasteiger partial charge on any atom is -0.385 e. The zero-order chi connectivity index (χ0) is 11.1. The lowest BCUT2D eigenvalue weighted by Crippen LogP contribution is -2.45. The van der Waals surface area contributed by atoms with Crippen LogP contribution >= 0.6 is 12.2 Å². The predicted molar refractivity (Wildman–Crippen MR) is 67.1 cm³/mol. The standard InChI is InChI=1S/C11H22N2OS/c1-10-5-3-7-13(9-10)11(15)12-6-4-8-14-2/h10H,3-9H2,1-2H3,(H,12,15). The molecule has 0 aromatic rings. The molecule has 0 radical (unpaired) electrons. The van der Waals surface area contributed by atoms with Gasteiger partial charge in [0.2, 0.25) is 0 Å². The highest BCUT2D eigenvalue weighted by molar-refractivity contribution is 7.80. The van der Waals surface area contributed by atoms with Gasteiger partial charge in [-0.25, -0.2) is 0 Å². The quantitative estimate of drug-likeness (QED) is 0.586. The van der Waals surface area contributed by atoms with Gasteiger partial charge in [0.25, 0.3) is 0 Å². The topological polar surface area (TPSA) is 24.5 Å². The molecule has 0 spiro atoms. The number of thiocarbonyl (C=S) groups is 1. The Bertz CT molecular complexity index is 199. The summed E-state index contributed by atoms with van der Waals surface area (Å²) < 4.78 is 4.99. The summed E-state index contributed by atoms with van der Waals surface area (Å²) in [6.45, 7) is 6.22. The average Bonchev–Trinajstić information content (AvgIpc) is 2.24. The molecule has 3 nitrogen and oxygen atoms in total. The van der Waals surface area contributed by atoms with Crippen molar-refractivity contribution in [2.24, 2.45) is 5.92 Å². The van der Waals surface area contributed by atoms with Gasteiger partial charge in [0.1, 0.15) is 0 Å². The smallest absolute Gasteiger partial charge is 0.168 e. The molecule has 1 rings (SSSR count). The highest BCUT2D eigenvalue weighted by atomic mass is 32.1. The maximum absolute atomic E-state index is 5.35. The van der Waals surface area contributed by atoms with Crippen LogP contribution in [0, 0.1) is 5.92 Å². The third-order valence-corrected chi connectivity index (χ3v) is 3.15. The maximum atomic E-state index is 5.35. The molecule has 1 fully saturated rings. The second kappa shape index (κ2) is 7.01. The Morgan fingerprint density at radius 1 is 1.60 bits per heavy atom. The molecule has 1 aliphatic heterocycles. The predicted octanol–water partition coefficient (Wildman–Crippen LogP) is 1.63. The Kier molecular flexibility index (Phi) is 5.95. The molecular formula is C11H22N2OS. The molecule has 88 valence electrons. The van der Waals surface area contributed by atoms with E-state index in [-0.39, 0.29) is 0 Å². The van der Waals surface area contributed by atoms with E-state index in [2.05, 4.69) is 17.1 Å². The molecule has 1 saturated heterocycles. The summed E-state index contributed by atoms with van der Waals surface area (Å²) in [5.41, 5.74) is 0. The number of hydrogen-bond donors (Lipinski definition) is 1. The van der Waals surface area contributed by atoms with Crippen LogP contribution in [0.1, 0.15) is 26.2 Å². The largest absolute Gasteiger partial charge is 0.385 e. The van der Waals surface area contributed by atoms with Gasteiger partial charge in [-0.3, -0.25) is 0 Å². The third-order valence-electron chi connectivity index (χ3n) is 2.75. The van der Waals surface area contributed by atoms with Crippen LogP contribution in [0.5, 0.6) is 0 Å². The monoisotopic (exact) mass is 230 g/mol. The number of piperidine rings is 1. The van der Waals surface area contributed by atoms with Crippen LogP contribution in [0.15, 0.2) is 0 Å². The molecular weight excluding hydrogens is 208 g/mol. The number of nitrogens with one attached hydrogen (secondary N) is 1. The summed E-state index contributed by atoms with van der Waals surface area (Å²) in [5, 5.41) is 4.20. The highest BCUT2D eigenvalue weighted by Crippen LogP contribution is 2.15. The molecule has 0 bridgehead atoms. The molecule has 1 heterocycles. The Hall–Kier alpha value is -0.350. The van der Waals surface area contributed by atoms with Crippen molar-refractivity contribution in [2.75, 3.05) is 33.4 Å². The molecule has 4 heteroatoms. The summed E-state index contributed by atoms with van der Waals surface area (Å²) in [5.74, 6) is 0.775. The van der Waals surface area contributed by atoms with Crippen molar-refractivity contribution in [3.63, 3.8) is 0 Å². The average molecular weight is 230 g/mol. The summed E-state index contributed by atoms with van der Waals surface area (Å²) in [4.78, 5) is 2.29. The number of likely N-dealkylation sites (tertiary alicyclic amines) is 1. The van der Waals surface area contributed by atoms with Crippen LogP contribution < -0.4 is 5.32 Å². The van der Waals surface area contributed by atoms with E-state index < -0.39 is 0 Å². The van der Waals surface area contributed by atoms with Gasteiger partial charge in [0.05, 0.1) is 0 Å². The van der Waals surface area contributed by atoms with Crippen LogP contribution in [-0.2, 0) is 4.74 Å². The van der Waals surface area contributed by atoms with E-state index in [1.807, 2.05) is 0 Å². The molecule has 0 aliphatic carbocycles. The number of nitrogens with zero attached hydrogens (tertiary/aromatic N) is 1. The lowest BCUT2D eigenvalue weighted by molar-refractivity contribution is 0.195. The molecule has 0 saturated carbocycles. The Morgan fingerprint density at radius 2 is 2.40 bits per heavy atom. The lowest BCUT2D eigenvalue weighted by Gasteiger charge is -2.33. The minimum atomic E-state index is 0.775. The van der Waals surface area contributed by atoms with E-state index in [4.69, 9.17) is 17.0 Å². The van der Waals surface area contributed by atoms with E-state index in [1.165, 1.54) is 12.8 Å². The number of methoxy groups -OCH3 is 1. The van der Waals surface area contributed by atoms with Gasteiger partial charge in [0.15, 0.2) is 5.11 Å². The first kappa shape index (κ1) is 12.7.